The number of amides is 4. The highest BCUT2D eigenvalue weighted by Crippen LogP contribution is 2.66. The molecule has 0 aliphatic carbocycles. The van der Waals surface area contributed by atoms with Crippen LogP contribution in [-0.4, -0.2) is 122 Å². The number of thioether (sulfide) groups is 1. The van der Waals surface area contributed by atoms with Crippen molar-refractivity contribution in [2.75, 3.05) is 24.6 Å². The standard InChI is InChI=1S/C31H52N9O16P3S/c32-28-25-18(39-40(29(25)36-17-35-28)24-15-20(41)27(53-24)30(44)54-58(49,50)56-59(51,52)55-57(46,47)48)9-3-1-7-13-33-22(42)11-4-2-8-14-34-23(43)12-6-5-10-21-26-19(16-60-21)37-31(45)38-26/h17,19-21,24,26-27,30,41,44H,1-16H2,(H,33,42)(H,34,43)(H,49,50)(H,51,52)(H2,32,35,36)(H2,37,38,45)(H2,46,47,48)/t19-,20-,21-,24?,26-,27-,30?/m0/s1. The van der Waals surface area contributed by atoms with Crippen molar-refractivity contribution in [3.05, 3.63) is 12.0 Å². The Hall–Kier alpha value is -2.80. The molecule has 0 spiro atoms. The molecule has 9 atom stereocenters. The number of nitrogens with one attached hydrogen (secondary N) is 4. The molecular formula is C31H52N9O16P3S. The molecule has 3 aliphatic rings. The molecule has 2 aromatic rings. The van der Waals surface area contributed by atoms with Gasteiger partial charge >= 0.3 is 29.5 Å². The van der Waals surface area contributed by atoms with Crippen LogP contribution in [0.3, 0.4) is 0 Å². The number of carbonyl (C=O) groups excluding carboxylic acids is 3. The summed E-state index contributed by atoms with van der Waals surface area (Å²) in [7, 11) is -17.2. The fraction of sp³-hybridized carbons (Fsp3) is 0.742. The van der Waals surface area contributed by atoms with Gasteiger partial charge in [-0.2, -0.15) is 25.5 Å². The summed E-state index contributed by atoms with van der Waals surface area (Å²) in [5, 5.41) is 38.1. The minimum absolute atomic E-state index is 0.0225. The second-order valence-electron chi connectivity index (χ2n) is 14.5. The van der Waals surface area contributed by atoms with Crippen molar-refractivity contribution in [1.29, 1.82) is 0 Å². The van der Waals surface area contributed by atoms with Crippen LogP contribution in [0.2, 0.25) is 0 Å². The molecule has 0 aromatic carbocycles. The molecule has 3 saturated heterocycles. The lowest BCUT2D eigenvalue weighted by molar-refractivity contribution is -0.161. The first-order chi connectivity index (χ1) is 28.3. The molecule has 0 saturated carbocycles. The number of nitrogens with two attached hydrogens (primary N) is 1. The summed E-state index contributed by atoms with van der Waals surface area (Å²) < 4.78 is 53.2. The SMILES string of the molecule is Nc1ncnc2c1c(CCCCCNC(=O)CCCCCNC(=O)CCCC[C@@H]1SC[C@@H]3NC(=O)N[C@@H]31)nn2C1C[C@H](O)[C@@H](C(O)OP(=O)(O)OP(=O)(O)OP(=O)(O)O)O1. The number of aryl methyl sites for hydroxylation is 1. The van der Waals surface area contributed by atoms with Crippen molar-refractivity contribution in [3.63, 3.8) is 0 Å². The van der Waals surface area contributed by atoms with E-state index in [9.17, 15) is 48.1 Å². The molecule has 60 heavy (non-hydrogen) atoms. The van der Waals surface area contributed by atoms with E-state index in [0.717, 1.165) is 37.9 Å². The van der Waals surface area contributed by atoms with Gasteiger partial charge in [0.15, 0.2) is 18.2 Å². The number of phosphoric acid groups is 3. The van der Waals surface area contributed by atoms with Gasteiger partial charge in [0.05, 0.1) is 29.3 Å². The summed E-state index contributed by atoms with van der Waals surface area (Å²) >= 11 is 1.87. The van der Waals surface area contributed by atoms with E-state index in [0.29, 0.717) is 74.4 Å². The van der Waals surface area contributed by atoms with Crippen LogP contribution in [0.25, 0.3) is 11.0 Å². The summed E-state index contributed by atoms with van der Waals surface area (Å²) in [5.41, 5.74) is 6.86. The Kier molecular flexibility index (Phi) is 17.3. The number of phosphoric ester groups is 1. The smallest absolute Gasteiger partial charge is 0.390 e. The molecule has 3 fully saturated rings. The number of hydrogen-bond acceptors (Lipinski definition) is 17. The monoisotopic (exact) mass is 931 g/mol. The molecule has 25 nitrogen and oxygen atoms in total. The molecule has 0 bridgehead atoms. The highest BCUT2D eigenvalue weighted by molar-refractivity contribution is 8.00. The van der Waals surface area contributed by atoms with Gasteiger partial charge in [-0.25, -0.2) is 33.1 Å². The maximum Gasteiger partial charge on any atom is 0.490 e. The number of unbranched alkanes of at least 4 members (excludes halogenated alkanes) is 5. The van der Waals surface area contributed by atoms with Crippen LogP contribution in [-0.2, 0) is 47.6 Å². The van der Waals surface area contributed by atoms with Crippen molar-refractivity contribution in [3.8, 4) is 0 Å². The zero-order valence-corrected chi connectivity index (χ0v) is 35.8. The minimum Gasteiger partial charge on any atom is -0.390 e. The molecule has 0 radical (unpaired) electrons. The molecule has 5 rings (SSSR count). The highest BCUT2D eigenvalue weighted by Gasteiger charge is 2.47. The van der Waals surface area contributed by atoms with Gasteiger partial charge in [0.2, 0.25) is 11.8 Å². The average molecular weight is 932 g/mol. The fourth-order valence-electron chi connectivity index (χ4n) is 7.11. The van der Waals surface area contributed by atoms with Crippen LogP contribution in [0, 0.1) is 0 Å². The Morgan fingerprint density at radius 3 is 2.30 bits per heavy atom. The molecular weight excluding hydrogens is 879 g/mol. The number of aliphatic hydroxyl groups excluding tert-OH is 2. The topological polar surface area (TPSA) is 378 Å². The van der Waals surface area contributed by atoms with E-state index in [4.69, 9.17) is 20.3 Å². The first-order valence-electron chi connectivity index (χ1n) is 19.3. The van der Waals surface area contributed by atoms with E-state index in [1.165, 1.54) is 11.0 Å². The average Bonchev–Trinajstić information content (AvgIpc) is 3.90. The van der Waals surface area contributed by atoms with Crippen molar-refractivity contribution >= 4 is 69.9 Å². The first-order valence-corrected chi connectivity index (χ1v) is 24.9. The van der Waals surface area contributed by atoms with E-state index < -0.39 is 48.2 Å². The van der Waals surface area contributed by atoms with Crippen molar-refractivity contribution in [1.82, 2.24) is 41.0 Å². The molecule has 12 N–H and O–H groups in total. The Morgan fingerprint density at radius 1 is 0.950 bits per heavy atom. The zero-order valence-electron chi connectivity index (χ0n) is 32.3. The lowest BCUT2D eigenvalue weighted by Crippen LogP contribution is -2.36. The van der Waals surface area contributed by atoms with Crippen molar-refractivity contribution < 1.29 is 75.7 Å². The van der Waals surface area contributed by atoms with Gasteiger partial charge in [-0.05, 0) is 44.9 Å². The number of aliphatic hydroxyl groups is 2. The van der Waals surface area contributed by atoms with Gasteiger partial charge < -0.3 is 61.5 Å². The van der Waals surface area contributed by atoms with E-state index in [1.807, 2.05) is 11.8 Å². The number of carbonyl (C=O) groups is 3. The predicted molar refractivity (Wildman–Crippen MR) is 211 cm³/mol. The summed E-state index contributed by atoms with van der Waals surface area (Å²) in [4.78, 5) is 80.8. The van der Waals surface area contributed by atoms with Crippen LogP contribution < -0.4 is 27.0 Å². The largest absolute Gasteiger partial charge is 0.490 e. The third-order valence-electron chi connectivity index (χ3n) is 9.83. The number of ether oxygens (including phenoxy) is 1. The van der Waals surface area contributed by atoms with E-state index >= 15 is 0 Å². The van der Waals surface area contributed by atoms with Gasteiger partial charge in [0.25, 0.3) is 0 Å². The van der Waals surface area contributed by atoms with Crippen LogP contribution in [0.15, 0.2) is 6.33 Å². The van der Waals surface area contributed by atoms with Crippen LogP contribution in [0.1, 0.15) is 89.0 Å². The summed E-state index contributed by atoms with van der Waals surface area (Å²) in [6.07, 6.45) is 2.30. The molecule has 4 amide bonds. The molecule has 338 valence electrons. The normalized spacial score (nSPS) is 25.3. The third kappa shape index (κ3) is 14.4. The third-order valence-corrected chi connectivity index (χ3v) is 15.2. The number of urea groups is 1. The van der Waals surface area contributed by atoms with Crippen molar-refractivity contribution in [2.24, 2.45) is 0 Å². The quantitative estimate of drug-likeness (QED) is 0.0286. The minimum atomic E-state index is -5.86. The summed E-state index contributed by atoms with van der Waals surface area (Å²) in [6.45, 7) is 1.03. The lowest BCUT2D eigenvalue weighted by Gasteiger charge is -2.23. The molecule has 3 aliphatic heterocycles. The van der Waals surface area contributed by atoms with Gasteiger partial charge in [-0.15, -0.1) is 0 Å². The van der Waals surface area contributed by atoms with Gasteiger partial charge in [-0.1, -0.05) is 19.3 Å². The Balaban J connectivity index is 0.951. The number of nitrogen functional groups attached to an aromatic ring is 1. The molecule has 29 heteroatoms. The number of aromatic nitrogens is 4. The van der Waals surface area contributed by atoms with Crippen LogP contribution in [0.4, 0.5) is 10.6 Å². The van der Waals surface area contributed by atoms with Crippen LogP contribution in [0.5, 0.6) is 0 Å². The van der Waals surface area contributed by atoms with E-state index in [1.54, 1.807) is 0 Å². The number of hydrogen-bond donors (Lipinski definition) is 11. The maximum absolute atomic E-state index is 12.3. The van der Waals surface area contributed by atoms with Gasteiger partial charge in [0, 0.05) is 43.4 Å². The number of fused-ring (bicyclic) bond motifs is 2. The van der Waals surface area contributed by atoms with Crippen molar-refractivity contribution in [2.45, 2.75) is 126 Å². The summed E-state index contributed by atoms with van der Waals surface area (Å²) in [5.74, 6) is 0.997. The Morgan fingerprint density at radius 2 is 1.62 bits per heavy atom. The number of anilines is 1. The van der Waals surface area contributed by atoms with E-state index in [2.05, 4.69) is 49.5 Å². The molecule has 5 heterocycles. The Labute approximate surface area is 348 Å². The zero-order chi connectivity index (χ0) is 43.7. The maximum atomic E-state index is 12.3. The van der Waals surface area contributed by atoms with Gasteiger partial charge in [-0.3, -0.25) is 14.1 Å². The second kappa shape index (κ2) is 21.5. The van der Waals surface area contributed by atoms with E-state index in [-0.39, 0.29) is 47.8 Å². The number of nitrogens with zero attached hydrogens (tertiary/aromatic N) is 4. The Bertz CT molecular complexity index is 1960. The second-order valence-corrected chi connectivity index (χ2v) is 20.1. The van der Waals surface area contributed by atoms with Crippen LogP contribution >= 0.6 is 35.2 Å². The fourth-order valence-corrected chi connectivity index (χ4v) is 11.7. The summed E-state index contributed by atoms with van der Waals surface area (Å²) in [6, 6.07) is 0.282. The number of rotatable bonds is 25. The molecule has 4 unspecified atom stereocenters. The molecule has 2 aromatic heterocycles. The van der Waals surface area contributed by atoms with Gasteiger partial charge in [0.1, 0.15) is 18.2 Å². The predicted octanol–water partition coefficient (Wildman–Crippen LogP) is 0.950. The lowest BCUT2D eigenvalue weighted by atomic mass is 10.0. The highest BCUT2D eigenvalue weighted by atomic mass is 32.2. The first kappa shape index (κ1) is 48.2.